The zero-order valence-electron chi connectivity index (χ0n) is 10.1. The molecule has 0 amide bonds. The normalized spacial score (nSPS) is 10.8. The van der Waals surface area contributed by atoms with E-state index in [2.05, 4.69) is 16.8 Å². The van der Waals surface area contributed by atoms with Gasteiger partial charge in [-0.05, 0) is 31.5 Å². The standard InChI is InChI=1S/C13H14FN2O2/c1-9-11-8-10(14)5-6-12(11)16(15-9)7-3-4-13(17)18-2/h5-6,8H,1,3-4,7H2,2H3. The number of carbonyl (C=O) groups is 1. The molecule has 1 aromatic heterocycles. The Kier molecular flexibility index (Phi) is 3.60. The van der Waals surface area contributed by atoms with Gasteiger partial charge in [-0.15, -0.1) is 0 Å². The zero-order chi connectivity index (χ0) is 13.1. The van der Waals surface area contributed by atoms with E-state index in [0.717, 1.165) is 5.52 Å². The number of benzene rings is 1. The molecule has 0 spiro atoms. The molecule has 4 nitrogen and oxygen atoms in total. The monoisotopic (exact) mass is 249 g/mol. The molecule has 0 fully saturated rings. The number of hydrogen-bond donors (Lipinski definition) is 0. The Morgan fingerprint density at radius 1 is 1.56 bits per heavy atom. The van der Waals surface area contributed by atoms with Gasteiger partial charge < -0.3 is 4.74 Å². The van der Waals surface area contributed by atoms with Crippen molar-refractivity contribution in [3.63, 3.8) is 0 Å². The van der Waals surface area contributed by atoms with E-state index in [9.17, 15) is 9.18 Å². The number of rotatable bonds is 4. The molecule has 2 aromatic rings. The van der Waals surface area contributed by atoms with Gasteiger partial charge in [0.2, 0.25) is 0 Å². The van der Waals surface area contributed by atoms with Gasteiger partial charge in [0, 0.05) is 18.4 Å². The van der Waals surface area contributed by atoms with Crippen LogP contribution in [-0.2, 0) is 16.1 Å². The Morgan fingerprint density at radius 2 is 2.33 bits per heavy atom. The molecule has 5 heteroatoms. The van der Waals surface area contributed by atoms with Gasteiger partial charge in [0.15, 0.2) is 0 Å². The highest BCUT2D eigenvalue weighted by atomic mass is 19.1. The SMILES string of the molecule is [CH2]c1nn(CCCC(=O)OC)c2ccc(F)cc12. The fraction of sp³-hybridized carbons (Fsp3) is 0.308. The molecule has 1 aromatic carbocycles. The topological polar surface area (TPSA) is 44.1 Å². The third kappa shape index (κ3) is 2.50. The Hall–Kier alpha value is -1.91. The van der Waals surface area contributed by atoms with E-state index >= 15 is 0 Å². The van der Waals surface area contributed by atoms with Crippen LogP contribution in [0, 0.1) is 12.7 Å². The predicted octanol–water partition coefficient (Wildman–Crippen LogP) is 2.31. The minimum Gasteiger partial charge on any atom is -0.469 e. The summed E-state index contributed by atoms with van der Waals surface area (Å²) in [7, 11) is 1.36. The van der Waals surface area contributed by atoms with Crippen molar-refractivity contribution in [1.82, 2.24) is 9.78 Å². The molecule has 1 heterocycles. The van der Waals surface area contributed by atoms with E-state index in [1.807, 2.05) is 0 Å². The molecule has 95 valence electrons. The number of aryl methyl sites for hydroxylation is 1. The third-order valence-corrected chi connectivity index (χ3v) is 2.77. The number of nitrogens with zero attached hydrogens (tertiary/aromatic N) is 2. The van der Waals surface area contributed by atoms with Crippen molar-refractivity contribution in [2.75, 3.05) is 7.11 Å². The Bertz CT molecular complexity index is 578. The van der Waals surface area contributed by atoms with Crippen LogP contribution in [-0.4, -0.2) is 22.9 Å². The second-order valence-corrected chi connectivity index (χ2v) is 4.01. The van der Waals surface area contributed by atoms with Crippen molar-refractivity contribution < 1.29 is 13.9 Å². The van der Waals surface area contributed by atoms with Gasteiger partial charge in [-0.1, -0.05) is 0 Å². The molecule has 0 unspecified atom stereocenters. The molecule has 0 N–H and O–H groups in total. The van der Waals surface area contributed by atoms with Crippen molar-refractivity contribution in [2.24, 2.45) is 0 Å². The highest BCUT2D eigenvalue weighted by molar-refractivity contribution is 5.82. The molecule has 0 saturated heterocycles. The molecule has 0 aliphatic rings. The summed E-state index contributed by atoms with van der Waals surface area (Å²) in [4.78, 5) is 11.0. The molecule has 0 atom stereocenters. The van der Waals surface area contributed by atoms with Crippen LogP contribution in [0.2, 0.25) is 0 Å². The highest BCUT2D eigenvalue weighted by Gasteiger charge is 2.08. The summed E-state index contributed by atoms with van der Waals surface area (Å²) < 4.78 is 19.4. The average Bonchev–Trinajstić information content (AvgIpc) is 2.66. The summed E-state index contributed by atoms with van der Waals surface area (Å²) in [6, 6.07) is 4.48. The molecule has 0 aliphatic heterocycles. The van der Waals surface area contributed by atoms with Crippen LogP contribution in [0.3, 0.4) is 0 Å². The first-order chi connectivity index (χ1) is 8.61. The van der Waals surface area contributed by atoms with Crippen molar-refractivity contribution in [3.8, 4) is 0 Å². The van der Waals surface area contributed by atoms with Gasteiger partial charge in [-0.3, -0.25) is 9.48 Å². The van der Waals surface area contributed by atoms with E-state index < -0.39 is 0 Å². The lowest BCUT2D eigenvalue weighted by atomic mass is 10.2. The van der Waals surface area contributed by atoms with E-state index in [4.69, 9.17) is 0 Å². The van der Waals surface area contributed by atoms with Crippen molar-refractivity contribution >= 4 is 16.9 Å². The molecule has 1 radical (unpaired) electrons. The van der Waals surface area contributed by atoms with E-state index in [1.54, 1.807) is 10.7 Å². The van der Waals surface area contributed by atoms with Crippen LogP contribution < -0.4 is 0 Å². The maximum atomic E-state index is 13.1. The number of ether oxygens (including phenoxy) is 1. The van der Waals surface area contributed by atoms with Gasteiger partial charge in [0.05, 0.1) is 18.3 Å². The minimum atomic E-state index is -0.304. The Labute approximate surface area is 104 Å². The lowest BCUT2D eigenvalue weighted by Gasteiger charge is -2.02. The molecule has 2 rings (SSSR count). The highest BCUT2D eigenvalue weighted by Crippen LogP contribution is 2.19. The number of halogens is 1. The number of methoxy groups -OCH3 is 1. The first-order valence-electron chi connectivity index (χ1n) is 5.66. The van der Waals surface area contributed by atoms with Gasteiger partial charge >= 0.3 is 5.97 Å². The minimum absolute atomic E-state index is 0.243. The Morgan fingerprint density at radius 3 is 3.06 bits per heavy atom. The summed E-state index contributed by atoms with van der Waals surface area (Å²) in [6.07, 6.45) is 0.964. The number of aromatic nitrogens is 2. The molecule has 0 bridgehead atoms. The summed E-state index contributed by atoms with van der Waals surface area (Å²) in [5.74, 6) is -0.547. The molecule has 18 heavy (non-hydrogen) atoms. The fourth-order valence-electron chi connectivity index (χ4n) is 1.86. The second kappa shape index (κ2) is 5.16. The van der Waals surface area contributed by atoms with Crippen molar-refractivity contribution in [1.29, 1.82) is 0 Å². The summed E-state index contributed by atoms with van der Waals surface area (Å²) >= 11 is 0. The third-order valence-electron chi connectivity index (χ3n) is 2.77. The van der Waals surface area contributed by atoms with Crippen molar-refractivity contribution in [3.05, 3.63) is 36.6 Å². The van der Waals surface area contributed by atoms with Crippen LogP contribution in [0.15, 0.2) is 18.2 Å². The molecular weight excluding hydrogens is 235 g/mol. The van der Waals surface area contributed by atoms with E-state index in [1.165, 1.54) is 19.2 Å². The van der Waals surface area contributed by atoms with Crippen LogP contribution in [0.4, 0.5) is 4.39 Å². The van der Waals surface area contributed by atoms with Crippen molar-refractivity contribution in [2.45, 2.75) is 19.4 Å². The van der Waals surface area contributed by atoms with Gasteiger partial charge in [0.25, 0.3) is 0 Å². The number of fused-ring (bicyclic) bond motifs is 1. The first kappa shape index (κ1) is 12.5. The number of carbonyl (C=O) groups excluding carboxylic acids is 1. The first-order valence-corrected chi connectivity index (χ1v) is 5.66. The summed E-state index contributed by atoms with van der Waals surface area (Å²) in [6.45, 7) is 4.36. The van der Waals surface area contributed by atoms with Crippen LogP contribution in [0.25, 0.3) is 10.9 Å². The van der Waals surface area contributed by atoms with Crippen LogP contribution in [0.1, 0.15) is 18.5 Å². The lowest BCUT2D eigenvalue weighted by Crippen LogP contribution is -2.05. The van der Waals surface area contributed by atoms with Crippen LogP contribution >= 0.6 is 0 Å². The maximum absolute atomic E-state index is 13.1. The fourth-order valence-corrected chi connectivity index (χ4v) is 1.86. The predicted molar refractivity (Wildman–Crippen MR) is 65.4 cm³/mol. The maximum Gasteiger partial charge on any atom is 0.305 e. The van der Waals surface area contributed by atoms with Gasteiger partial charge in [-0.2, -0.15) is 5.10 Å². The molecular formula is C13H14FN2O2. The number of esters is 1. The smallest absolute Gasteiger partial charge is 0.305 e. The summed E-state index contributed by atoms with van der Waals surface area (Å²) in [5, 5.41) is 4.94. The summed E-state index contributed by atoms with van der Waals surface area (Å²) in [5.41, 5.74) is 1.37. The molecule has 0 aliphatic carbocycles. The van der Waals surface area contributed by atoms with Crippen LogP contribution in [0.5, 0.6) is 0 Å². The number of hydrogen-bond acceptors (Lipinski definition) is 3. The lowest BCUT2D eigenvalue weighted by molar-refractivity contribution is -0.140. The largest absolute Gasteiger partial charge is 0.469 e. The quantitative estimate of drug-likeness (QED) is 0.781. The average molecular weight is 249 g/mol. The van der Waals surface area contributed by atoms with Gasteiger partial charge in [0.1, 0.15) is 5.82 Å². The molecule has 0 saturated carbocycles. The van der Waals surface area contributed by atoms with E-state index in [0.29, 0.717) is 30.5 Å². The zero-order valence-corrected chi connectivity index (χ0v) is 10.1. The Balaban J connectivity index is 2.16. The van der Waals surface area contributed by atoms with E-state index in [-0.39, 0.29) is 11.8 Å². The van der Waals surface area contributed by atoms with Gasteiger partial charge in [-0.25, -0.2) is 4.39 Å². The second-order valence-electron chi connectivity index (χ2n) is 4.01.